The van der Waals surface area contributed by atoms with E-state index in [-0.39, 0.29) is 61.9 Å². The summed E-state index contributed by atoms with van der Waals surface area (Å²) < 4.78 is 47.6. The first-order chi connectivity index (χ1) is 31.2. The average molecular weight is 909 g/mol. The van der Waals surface area contributed by atoms with Gasteiger partial charge in [0.25, 0.3) is 0 Å². The lowest BCUT2D eigenvalue weighted by Crippen LogP contribution is -2.48. The van der Waals surface area contributed by atoms with Crippen LogP contribution >= 0.6 is 0 Å². The summed E-state index contributed by atoms with van der Waals surface area (Å²) in [7, 11) is 0.0974. The van der Waals surface area contributed by atoms with Gasteiger partial charge in [-0.2, -0.15) is 0 Å². The minimum absolute atomic E-state index is 0.0505. The summed E-state index contributed by atoms with van der Waals surface area (Å²) in [4.78, 5) is 67.0. The number of nitrogens with one attached hydrogen (secondary N) is 1. The first-order valence-corrected chi connectivity index (χ1v) is 25.3. The minimum atomic E-state index is -3.98. The molecule has 0 radical (unpaired) electrons. The molecule has 2 aromatic carbocycles. The van der Waals surface area contributed by atoms with Crippen LogP contribution in [0.15, 0.2) is 61.2 Å². The molecule has 1 saturated heterocycles. The maximum Gasteiger partial charge on any atom is 0.306 e. The van der Waals surface area contributed by atoms with Crippen molar-refractivity contribution in [1.29, 1.82) is 0 Å². The van der Waals surface area contributed by atoms with Crippen molar-refractivity contribution in [2.45, 2.75) is 126 Å². The molecule has 1 N–H and O–H groups in total. The number of fused-ring (bicyclic) bond motifs is 6. The van der Waals surface area contributed by atoms with E-state index in [1.165, 1.54) is 0 Å². The van der Waals surface area contributed by atoms with E-state index < -0.39 is 56.0 Å². The molecule has 0 unspecified atom stereocenters. The molecule has 3 heterocycles. The van der Waals surface area contributed by atoms with Crippen molar-refractivity contribution >= 4 is 44.5 Å². The van der Waals surface area contributed by atoms with Crippen LogP contribution in [0.5, 0.6) is 11.6 Å². The van der Waals surface area contributed by atoms with E-state index in [1.54, 1.807) is 17.9 Å². The maximum absolute atomic E-state index is 15.4. The van der Waals surface area contributed by atoms with Crippen LogP contribution in [0.3, 0.4) is 0 Å². The number of aromatic nitrogens is 1. The summed E-state index contributed by atoms with van der Waals surface area (Å²) in [6.45, 7) is 6.93. The van der Waals surface area contributed by atoms with E-state index in [9.17, 15) is 22.8 Å². The van der Waals surface area contributed by atoms with Crippen molar-refractivity contribution in [2.75, 3.05) is 33.8 Å². The Hall–Kier alpha value is -4.82. The second kappa shape index (κ2) is 18.1. The van der Waals surface area contributed by atoms with Crippen molar-refractivity contribution in [3.8, 4) is 11.6 Å². The smallest absolute Gasteiger partial charge is 0.306 e. The summed E-state index contributed by atoms with van der Waals surface area (Å²) >= 11 is 0. The number of ketones is 1. The Morgan fingerprint density at radius 3 is 2.43 bits per heavy atom. The number of rotatable bonds is 13. The number of Topliss-reactive ketones (excluding diaryl/α,β-unsaturated/α-hetero) is 1. The predicted octanol–water partition coefficient (Wildman–Crippen LogP) is 6.53. The standard InChI is InChI=1S/C51H64N4O9S/c1-5-36-29-51(36,49(59)53-65(60,61)50(2)20-21-50)30-43(56)42-27-37-31-55(42)48(58)40(35-24-32-14-9-10-15-33(32)25-35)28-45(57)64-44-26-34(44)16-7-6-8-18-39-46(62-23-13-22-54(3)4)38-17-11-12-19-41(38)52-47(39)63-37/h5,9-12,14-15,17,19,34-37,40,42,44H,1,6-8,13,16,18,20-31H2,2-4H3,(H,53,59)/t34-,36-,37-,40+,42+,44-,51-/m1/s1. The lowest BCUT2D eigenvalue weighted by molar-refractivity contribution is -0.152. The number of allylic oxidation sites excluding steroid dienone is 1. The van der Waals surface area contributed by atoms with Crippen molar-refractivity contribution in [3.05, 3.63) is 77.9 Å². The van der Waals surface area contributed by atoms with E-state index in [2.05, 4.69) is 28.3 Å². The molecule has 3 aromatic rings. The Bertz CT molecular complexity index is 2440. The van der Waals surface area contributed by atoms with Gasteiger partial charge in [-0.25, -0.2) is 13.4 Å². The molecule has 2 bridgehead atoms. The zero-order valence-corrected chi connectivity index (χ0v) is 38.9. The van der Waals surface area contributed by atoms with Crippen molar-refractivity contribution in [3.63, 3.8) is 0 Å². The van der Waals surface area contributed by atoms with Crippen LogP contribution in [0.25, 0.3) is 10.9 Å². The van der Waals surface area contributed by atoms with Gasteiger partial charge in [0.1, 0.15) is 18.0 Å². The summed E-state index contributed by atoms with van der Waals surface area (Å²) in [5.41, 5.74) is 2.52. The normalized spacial score (nSPS) is 28.8. The molecule has 0 spiro atoms. The number of benzene rings is 2. The van der Waals surface area contributed by atoms with Crippen LogP contribution < -0.4 is 14.2 Å². The summed E-state index contributed by atoms with van der Waals surface area (Å²) in [6, 6.07) is 14.9. The van der Waals surface area contributed by atoms with Crippen molar-refractivity contribution in [2.24, 2.45) is 29.1 Å². The van der Waals surface area contributed by atoms with Gasteiger partial charge >= 0.3 is 5.97 Å². The van der Waals surface area contributed by atoms with Crippen LogP contribution in [0.4, 0.5) is 0 Å². The number of amides is 2. The summed E-state index contributed by atoms with van der Waals surface area (Å²) in [5, 5.41) is 0.892. The SMILES string of the molecule is C=C[C@@H]1C[C@]1(CC(=O)[C@@H]1C[C@@H]2CN1C(=O)[C@H](C1Cc3ccccc3C1)CC(=O)O[C@@H]1C[C@H]1CCCCCc1c(nc3ccccc3c1OCCCN(C)C)O2)C(=O)NS(=O)(=O)C1(C)CC1. The number of sulfonamides is 1. The monoisotopic (exact) mass is 908 g/mol. The third-order valence-corrected chi connectivity index (χ3v) is 17.4. The molecule has 1 aromatic heterocycles. The molecule has 3 saturated carbocycles. The third-order valence-electron chi connectivity index (χ3n) is 15.3. The highest BCUT2D eigenvalue weighted by atomic mass is 32.2. The largest absolute Gasteiger partial charge is 0.492 e. The number of carbonyl (C=O) groups excluding carboxylic acids is 4. The van der Waals surface area contributed by atoms with Gasteiger partial charge in [-0.3, -0.25) is 23.9 Å². The van der Waals surface area contributed by atoms with E-state index in [0.717, 1.165) is 72.9 Å². The Morgan fingerprint density at radius 2 is 1.72 bits per heavy atom. The van der Waals surface area contributed by atoms with Crippen LogP contribution in [-0.4, -0.2) is 104 Å². The first-order valence-electron chi connectivity index (χ1n) is 23.8. The Kier molecular flexibility index (Phi) is 12.6. The van der Waals surface area contributed by atoms with Crippen LogP contribution in [0, 0.1) is 29.1 Å². The van der Waals surface area contributed by atoms with Crippen LogP contribution in [0.2, 0.25) is 0 Å². The highest BCUT2D eigenvalue weighted by molar-refractivity contribution is 7.91. The van der Waals surface area contributed by atoms with Gasteiger partial charge in [0, 0.05) is 24.8 Å². The molecule has 4 aliphatic carbocycles. The number of ether oxygens (including phenoxy) is 3. The number of pyridine rings is 1. The van der Waals surface area contributed by atoms with Gasteiger partial charge < -0.3 is 24.0 Å². The molecule has 13 nitrogen and oxygen atoms in total. The molecular weight excluding hydrogens is 845 g/mol. The molecule has 2 amide bonds. The molecule has 65 heavy (non-hydrogen) atoms. The van der Waals surface area contributed by atoms with Gasteiger partial charge in [0.15, 0.2) is 5.78 Å². The topological polar surface area (TPSA) is 162 Å². The quantitative estimate of drug-likeness (QED) is 0.113. The van der Waals surface area contributed by atoms with Gasteiger partial charge in [-0.15, -0.1) is 6.58 Å². The van der Waals surface area contributed by atoms with E-state index >= 15 is 4.79 Å². The Labute approximate surface area is 383 Å². The molecule has 9 rings (SSSR count). The van der Waals surface area contributed by atoms with E-state index in [1.807, 2.05) is 50.5 Å². The van der Waals surface area contributed by atoms with Crippen molar-refractivity contribution in [1.82, 2.24) is 19.5 Å². The van der Waals surface area contributed by atoms with Crippen LogP contribution in [0.1, 0.15) is 101 Å². The summed E-state index contributed by atoms with van der Waals surface area (Å²) in [6.07, 6.45) is 8.89. The molecule has 7 atom stereocenters. The Balaban J connectivity index is 1.07. The maximum atomic E-state index is 15.4. The molecular formula is C51H64N4O9S. The highest BCUT2D eigenvalue weighted by Crippen LogP contribution is 2.57. The molecule has 14 heteroatoms. The molecule has 6 aliphatic rings. The van der Waals surface area contributed by atoms with E-state index in [0.29, 0.717) is 50.1 Å². The van der Waals surface area contributed by atoms with Gasteiger partial charge in [0.2, 0.25) is 27.7 Å². The lowest BCUT2D eigenvalue weighted by atomic mass is 9.85. The zero-order valence-electron chi connectivity index (χ0n) is 38.1. The minimum Gasteiger partial charge on any atom is -0.492 e. The fourth-order valence-corrected chi connectivity index (χ4v) is 12.1. The van der Waals surface area contributed by atoms with Gasteiger partial charge in [0.05, 0.1) is 52.8 Å². The summed E-state index contributed by atoms with van der Waals surface area (Å²) in [5.74, 6) is -1.77. The number of hydrogen-bond acceptors (Lipinski definition) is 11. The average Bonchev–Trinajstić information content (AvgIpc) is 4.23. The fourth-order valence-electron chi connectivity index (χ4n) is 10.7. The lowest BCUT2D eigenvalue weighted by Gasteiger charge is -2.31. The number of para-hydroxylation sites is 1. The van der Waals surface area contributed by atoms with Gasteiger partial charge in [-0.1, -0.05) is 55.3 Å². The zero-order chi connectivity index (χ0) is 45.7. The molecule has 2 aliphatic heterocycles. The number of nitrogens with zero attached hydrogens (tertiary/aromatic N) is 3. The molecule has 348 valence electrons. The second-order valence-corrected chi connectivity index (χ2v) is 22.5. The fraction of sp³-hybridized carbons (Fsp3) is 0.588. The third kappa shape index (κ3) is 9.44. The predicted molar refractivity (Wildman–Crippen MR) is 246 cm³/mol. The number of carbonyl (C=O) groups is 4. The van der Waals surface area contributed by atoms with Crippen molar-refractivity contribution < 1.29 is 41.8 Å². The first kappa shape index (κ1) is 45.3. The van der Waals surface area contributed by atoms with Crippen LogP contribution in [-0.2, 0) is 53.2 Å². The number of hydrogen-bond donors (Lipinski definition) is 1. The number of esters is 1. The Morgan fingerprint density at radius 1 is 0.985 bits per heavy atom. The van der Waals surface area contributed by atoms with E-state index in [4.69, 9.17) is 19.2 Å². The second-order valence-electron chi connectivity index (χ2n) is 20.3. The molecule has 4 fully saturated rings. The van der Waals surface area contributed by atoms with Gasteiger partial charge in [-0.05, 0) is 126 Å². The highest BCUT2D eigenvalue weighted by Gasteiger charge is 2.62.